The third-order valence-electron chi connectivity index (χ3n) is 2.22. The topological polar surface area (TPSA) is 50.3 Å². The number of aromatic nitrogens is 1. The van der Waals surface area contributed by atoms with Crippen molar-refractivity contribution in [3.63, 3.8) is 0 Å². The highest BCUT2D eigenvalue weighted by atomic mass is 35.5. The summed E-state index contributed by atoms with van der Waals surface area (Å²) in [5.74, 6) is 0.470. The van der Waals surface area contributed by atoms with Crippen LogP contribution in [0.1, 0.15) is 17.0 Å². The second-order valence-corrected chi connectivity index (χ2v) is 6.99. The van der Waals surface area contributed by atoms with E-state index in [2.05, 4.69) is 4.98 Å². The van der Waals surface area contributed by atoms with Crippen LogP contribution >= 0.6 is 22.9 Å². The molecule has 7 heteroatoms. The second kappa shape index (κ2) is 5.95. The lowest BCUT2D eigenvalue weighted by atomic mass is 10.4. The van der Waals surface area contributed by atoms with Gasteiger partial charge in [-0.1, -0.05) is 0 Å². The van der Waals surface area contributed by atoms with Gasteiger partial charge in [-0.3, -0.25) is 0 Å². The fourth-order valence-corrected chi connectivity index (χ4v) is 3.52. The molecule has 0 aliphatic heterocycles. The molecule has 0 fully saturated rings. The number of sulfonamides is 1. The van der Waals surface area contributed by atoms with Crippen LogP contribution in [0, 0.1) is 6.92 Å². The van der Waals surface area contributed by atoms with Crippen LogP contribution in [-0.2, 0) is 16.6 Å². The maximum absolute atomic E-state index is 11.8. The number of halogens is 1. The minimum absolute atomic E-state index is 0.102. The van der Waals surface area contributed by atoms with E-state index in [0.29, 0.717) is 18.8 Å². The number of thiazole rings is 1. The molecule has 0 aliphatic rings. The molecule has 0 unspecified atom stereocenters. The van der Waals surface area contributed by atoms with Gasteiger partial charge in [0.05, 0.1) is 17.0 Å². The maximum Gasteiger partial charge on any atom is 0.214 e. The molecule has 1 aromatic rings. The highest BCUT2D eigenvalue weighted by Gasteiger charge is 2.18. The number of alkyl halides is 1. The number of rotatable bonds is 6. The summed E-state index contributed by atoms with van der Waals surface area (Å²) in [6.45, 7) is 2.27. The molecule has 4 nitrogen and oxygen atoms in total. The van der Waals surface area contributed by atoms with Crippen molar-refractivity contribution < 1.29 is 8.42 Å². The monoisotopic (exact) mass is 282 g/mol. The predicted molar refractivity (Wildman–Crippen MR) is 67.4 cm³/mol. The first kappa shape index (κ1) is 13.9. The zero-order valence-electron chi connectivity index (χ0n) is 9.31. The number of hydrogen-bond acceptors (Lipinski definition) is 4. The van der Waals surface area contributed by atoms with Gasteiger partial charge in [0.25, 0.3) is 0 Å². The van der Waals surface area contributed by atoms with E-state index in [1.54, 1.807) is 12.6 Å². The van der Waals surface area contributed by atoms with Crippen molar-refractivity contribution in [3.8, 4) is 0 Å². The molecule has 1 rings (SSSR count). The van der Waals surface area contributed by atoms with Gasteiger partial charge >= 0.3 is 0 Å². The molecule has 0 atom stereocenters. The highest BCUT2D eigenvalue weighted by Crippen LogP contribution is 2.16. The summed E-state index contributed by atoms with van der Waals surface area (Å²) < 4.78 is 24.9. The highest BCUT2D eigenvalue weighted by molar-refractivity contribution is 7.89. The molecule has 1 aromatic heterocycles. The standard InChI is InChI=1S/C9H15ClN2O2S2/c1-8-9(15-7-11-8)6-12(2)16(13,14)5-3-4-10/h7H,3-6H2,1-2H3. The van der Waals surface area contributed by atoms with Gasteiger partial charge in [-0.05, 0) is 13.3 Å². The molecule has 0 saturated heterocycles. The van der Waals surface area contributed by atoms with Gasteiger partial charge in [0.1, 0.15) is 0 Å². The summed E-state index contributed by atoms with van der Waals surface area (Å²) in [6, 6.07) is 0. The van der Waals surface area contributed by atoms with Gasteiger partial charge in [-0.2, -0.15) is 4.31 Å². The molecular weight excluding hydrogens is 268 g/mol. The Balaban J connectivity index is 2.65. The van der Waals surface area contributed by atoms with Crippen LogP contribution in [0.25, 0.3) is 0 Å². The van der Waals surface area contributed by atoms with Crippen LogP contribution in [0.15, 0.2) is 5.51 Å². The lowest BCUT2D eigenvalue weighted by Gasteiger charge is -2.16. The van der Waals surface area contributed by atoms with Crippen LogP contribution in [0.2, 0.25) is 0 Å². The fourth-order valence-electron chi connectivity index (χ4n) is 1.17. The molecule has 0 N–H and O–H groups in total. The van der Waals surface area contributed by atoms with Crippen LogP contribution in [0.4, 0.5) is 0 Å². The molecule has 0 radical (unpaired) electrons. The lowest BCUT2D eigenvalue weighted by Crippen LogP contribution is -2.28. The van der Waals surface area contributed by atoms with Gasteiger partial charge in [0.15, 0.2) is 0 Å². The quantitative estimate of drug-likeness (QED) is 0.748. The third kappa shape index (κ3) is 3.69. The van der Waals surface area contributed by atoms with E-state index in [9.17, 15) is 8.42 Å². The van der Waals surface area contributed by atoms with Crippen LogP contribution in [-0.4, -0.2) is 36.4 Å². The second-order valence-electron chi connectivity index (χ2n) is 3.48. The van der Waals surface area contributed by atoms with Crippen LogP contribution < -0.4 is 0 Å². The number of hydrogen-bond donors (Lipinski definition) is 0. The zero-order valence-corrected chi connectivity index (χ0v) is 11.7. The Morgan fingerprint density at radius 1 is 1.56 bits per heavy atom. The van der Waals surface area contributed by atoms with E-state index in [1.807, 2.05) is 6.92 Å². The van der Waals surface area contributed by atoms with Gasteiger partial charge < -0.3 is 0 Å². The van der Waals surface area contributed by atoms with E-state index in [4.69, 9.17) is 11.6 Å². The third-order valence-corrected chi connectivity index (χ3v) is 5.29. The van der Waals surface area contributed by atoms with Gasteiger partial charge in [0, 0.05) is 24.3 Å². The number of nitrogens with zero attached hydrogens (tertiary/aromatic N) is 2. The minimum Gasteiger partial charge on any atom is -0.250 e. The first-order chi connectivity index (χ1) is 7.47. The van der Waals surface area contributed by atoms with E-state index in [-0.39, 0.29) is 5.75 Å². The minimum atomic E-state index is -3.19. The van der Waals surface area contributed by atoms with Crippen molar-refractivity contribution >= 4 is 33.0 Å². The maximum atomic E-state index is 11.8. The molecule has 1 heterocycles. The first-order valence-corrected chi connectivity index (χ1v) is 7.88. The summed E-state index contributed by atoms with van der Waals surface area (Å²) in [4.78, 5) is 5.07. The van der Waals surface area contributed by atoms with Gasteiger partial charge in [0.2, 0.25) is 10.0 Å². The molecule has 0 spiro atoms. The zero-order chi connectivity index (χ0) is 12.2. The molecule has 92 valence electrons. The number of aryl methyl sites for hydroxylation is 1. The largest absolute Gasteiger partial charge is 0.250 e. The summed E-state index contributed by atoms with van der Waals surface area (Å²) >= 11 is 6.96. The predicted octanol–water partition coefficient (Wildman–Crippen LogP) is 1.84. The Bertz CT molecular complexity index is 430. The normalized spacial score (nSPS) is 12.2. The molecule has 0 aromatic carbocycles. The summed E-state index contributed by atoms with van der Waals surface area (Å²) in [5, 5.41) is 0. The smallest absolute Gasteiger partial charge is 0.214 e. The molecule has 0 saturated carbocycles. The molecule has 16 heavy (non-hydrogen) atoms. The van der Waals surface area contributed by atoms with Crippen molar-refractivity contribution in [2.75, 3.05) is 18.7 Å². The lowest BCUT2D eigenvalue weighted by molar-refractivity contribution is 0.468. The van der Waals surface area contributed by atoms with Crippen molar-refractivity contribution in [1.82, 2.24) is 9.29 Å². The van der Waals surface area contributed by atoms with E-state index >= 15 is 0 Å². The molecule has 0 amide bonds. The molecule has 0 bridgehead atoms. The summed E-state index contributed by atoms with van der Waals surface area (Å²) in [7, 11) is -1.60. The first-order valence-electron chi connectivity index (χ1n) is 4.86. The van der Waals surface area contributed by atoms with Crippen molar-refractivity contribution in [2.24, 2.45) is 0 Å². The SMILES string of the molecule is Cc1ncsc1CN(C)S(=O)(=O)CCCCl. The van der Waals surface area contributed by atoms with E-state index in [1.165, 1.54) is 15.6 Å². The van der Waals surface area contributed by atoms with Crippen molar-refractivity contribution in [3.05, 3.63) is 16.1 Å². The molecular formula is C9H15ClN2O2S2. The Hall–Kier alpha value is -0.170. The Morgan fingerprint density at radius 2 is 2.25 bits per heavy atom. The average molecular weight is 283 g/mol. The van der Waals surface area contributed by atoms with Gasteiger partial charge in [-0.25, -0.2) is 13.4 Å². The summed E-state index contributed by atoms with van der Waals surface area (Å²) in [6.07, 6.45) is 0.482. The van der Waals surface area contributed by atoms with E-state index in [0.717, 1.165) is 10.6 Å². The van der Waals surface area contributed by atoms with Crippen LogP contribution in [0.3, 0.4) is 0 Å². The van der Waals surface area contributed by atoms with Gasteiger partial charge in [-0.15, -0.1) is 22.9 Å². The fraction of sp³-hybridized carbons (Fsp3) is 0.667. The van der Waals surface area contributed by atoms with Crippen molar-refractivity contribution in [2.45, 2.75) is 19.9 Å². The van der Waals surface area contributed by atoms with E-state index < -0.39 is 10.0 Å². The Labute approximate surface area is 105 Å². The Morgan fingerprint density at radius 3 is 2.75 bits per heavy atom. The van der Waals surface area contributed by atoms with Crippen LogP contribution in [0.5, 0.6) is 0 Å². The Kier molecular flexibility index (Phi) is 5.17. The molecule has 0 aliphatic carbocycles. The summed E-state index contributed by atoms with van der Waals surface area (Å²) in [5.41, 5.74) is 2.62. The average Bonchev–Trinajstić information content (AvgIpc) is 2.61. The van der Waals surface area contributed by atoms with Crippen molar-refractivity contribution in [1.29, 1.82) is 0 Å².